The second kappa shape index (κ2) is 13.5. The van der Waals surface area contributed by atoms with Crippen molar-refractivity contribution in [2.75, 3.05) is 13.7 Å². The summed E-state index contributed by atoms with van der Waals surface area (Å²) in [4.78, 5) is 4.54. The number of benzene rings is 2. The summed E-state index contributed by atoms with van der Waals surface area (Å²) in [5, 5.41) is 0. The van der Waals surface area contributed by atoms with Crippen molar-refractivity contribution in [3.8, 4) is 28.5 Å². The molecule has 10 heteroatoms. The topological polar surface area (TPSA) is 66.6 Å². The molecule has 0 aliphatic heterocycles. The number of methoxy groups -OCH3 is 1. The monoisotopic (exact) mass is 564 g/mol. The Kier molecular flexibility index (Phi) is 10.4. The molecule has 3 aromatic rings. The van der Waals surface area contributed by atoms with Crippen molar-refractivity contribution in [3.05, 3.63) is 83.2 Å². The minimum absolute atomic E-state index is 0.0192. The van der Waals surface area contributed by atoms with Crippen LogP contribution in [0, 0.1) is 18.6 Å². The summed E-state index contributed by atoms with van der Waals surface area (Å²) >= 11 is 0. The third-order valence-corrected chi connectivity index (χ3v) is 6.04. The van der Waals surface area contributed by atoms with Crippen LogP contribution in [0.3, 0.4) is 0 Å². The van der Waals surface area contributed by atoms with Crippen LogP contribution in [-0.4, -0.2) is 31.0 Å². The summed E-state index contributed by atoms with van der Waals surface area (Å²) in [6.07, 6.45) is 1.53. The lowest BCUT2D eigenvalue weighted by Crippen LogP contribution is -2.20. The van der Waals surface area contributed by atoms with Crippen LogP contribution in [0.2, 0.25) is 0 Å². The number of pyridine rings is 1. The predicted molar refractivity (Wildman–Crippen MR) is 144 cm³/mol. The molecule has 2 N–H and O–H groups in total. The molecule has 1 aliphatic carbocycles. The number of aromatic nitrogens is 1. The Morgan fingerprint density at radius 3 is 2.33 bits per heavy atom. The highest BCUT2D eigenvalue weighted by molar-refractivity contribution is 5.68. The fourth-order valence-corrected chi connectivity index (χ4v) is 3.87. The van der Waals surface area contributed by atoms with E-state index in [4.69, 9.17) is 19.9 Å². The second-order valence-electron chi connectivity index (χ2n) is 9.51. The number of hydrogen-bond donors (Lipinski definition) is 1. The van der Waals surface area contributed by atoms with E-state index in [9.17, 15) is 22.0 Å². The Labute approximate surface area is 230 Å². The first-order valence-corrected chi connectivity index (χ1v) is 12.8. The zero-order valence-electron chi connectivity index (χ0n) is 22.8. The molecule has 216 valence electrons. The normalized spacial score (nSPS) is 13.9. The van der Waals surface area contributed by atoms with E-state index in [0.29, 0.717) is 29.2 Å². The number of allylic oxidation sites excluding steroid dienone is 1. The number of aryl methyl sites for hydroxylation is 1. The molecule has 1 unspecified atom stereocenters. The molecule has 1 aliphatic rings. The highest BCUT2D eigenvalue weighted by Gasteiger charge is 2.30. The summed E-state index contributed by atoms with van der Waals surface area (Å²) in [5.74, 6) is -1.19. The SMILES string of the molecule is CC=CN.COc1cc(CC(C)c2cc(C)c(OCC(F)(F)F)c(-c3ccc(F)c(F)c3)n2)ccc1OC1CC1. The molecular formula is C30H33F5N2O3. The molecule has 5 nitrogen and oxygen atoms in total. The average Bonchev–Trinajstić information content (AvgIpc) is 3.73. The average molecular weight is 565 g/mol. The highest BCUT2D eigenvalue weighted by Crippen LogP contribution is 2.37. The molecule has 0 radical (unpaired) electrons. The van der Waals surface area contributed by atoms with Gasteiger partial charge in [0.1, 0.15) is 11.4 Å². The standard InChI is InChI=1S/C27H26F5NO3.C3H7N/c1-15(10-17-4-9-23(24(12-17)34-3)36-19-6-7-19)22-11-16(2)26(35-14-27(30,31)32)25(33-22)18-5-8-20(28)21(29)13-18;1-2-3-4/h4-5,8-9,11-13,15,19H,6-7,10,14H2,1-3H3;2-3H,4H2,1H3. The Morgan fingerprint density at radius 1 is 1.05 bits per heavy atom. The van der Waals surface area contributed by atoms with Crippen molar-refractivity contribution < 1.29 is 36.2 Å². The van der Waals surface area contributed by atoms with Crippen molar-refractivity contribution >= 4 is 0 Å². The van der Waals surface area contributed by atoms with Crippen molar-refractivity contribution in [1.29, 1.82) is 0 Å². The molecule has 1 heterocycles. The van der Waals surface area contributed by atoms with Gasteiger partial charge in [0.15, 0.2) is 29.7 Å². The maximum Gasteiger partial charge on any atom is 0.422 e. The molecule has 40 heavy (non-hydrogen) atoms. The molecule has 0 saturated heterocycles. The summed E-state index contributed by atoms with van der Waals surface area (Å²) in [7, 11) is 1.57. The van der Waals surface area contributed by atoms with Gasteiger partial charge in [-0.15, -0.1) is 0 Å². The molecule has 1 atom stereocenters. The van der Waals surface area contributed by atoms with Crippen LogP contribution in [-0.2, 0) is 6.42 Å². The van der Waals surface area contributed by atoms with E-state index < -0.39 is 24.4 Å². The van der Waals surface area contributed by atoms with Gasteiger partial charge < -0.3 is 19.9 Å². The minimum atomic E-state index is -4.57. The van der Waals surface area contributed by atoms with E-state index >= 15 is 0 Å². The summed E-state index contributed by atoms with van der Waals surface area (Å²) in [6, 6.07) is 10.4. The number of hydrogen-bond acceptors (Lipinski definition) is 5. The van der Waals surface area contributed by atoms with Crippen LogP contribution in [0.15, 0.2) is 54.7 Å². The van der Waals surface area contributed by atoms with Crippen LogP contribution >= 0.6 is 0 Å². The number of halogens is 5. The molecule has 1 saturated carbocycles. The van der Waals surface area contributed by atoms with Crippen molar-refractivity contribution in [2.45, 2.75) is 58.2 Å². The van der Waals surface area contributed by atoms with Crippen LogP contribution in [0.4, 0.5) is 22.0 Å². The minimum Gasteiger partial charge on any atom is -0.493 e. The maximum absolute atomic E-state index is 14.0. The number of rotatable bonds is 9. The lowest BCUT2D eigenvalue weighted by molar-refractivity contribution is -0.153. The molecular weight excluding hydrogens is 531 g/mol. The molecule has 1 fully saturated rings. The Bertz CT molecular complexity index is 1320. The van der Waals surface area contributed by atoms with Gasteiger partial charge in [0.25, 0.3) is 0 Å². The highest BCUT2D eigenvalue weighted by atomic mass is 19.4. The quantitative estimate of drug-likeness (QED) is 0.271. The van der Waals surface area contributed by atoms with Crippen LogP contribution in [0.1, 0.15) is 49.4 Å². The van der Waals surface area contributed by atoms with Crippen molar-refractivity contribution in [1.82, 2.24) is 4.98 Å². The predicted octanol–water partition coefficient (Wildman–Crippen LogP) is 7.65. The molecule has 0 amide bonds. The lowest BCUT2D eigenvalue weighted by atomic mass is 9.95. The van der Waals surface area contributed by atoms with Crippen molar-refractivity contribution in [2.24, 2.45) is 5.73 Å². The van der Waals surface area contributed by atoms with E-state index in [1.165, 1.54) is 12.3 Å². The molecule has 0 spiro atoms. The Hall–Kier alpha value is -3.82. The summed E-state index contributed by atoms with van der Waals surface area (Å²) in [6.45, 7) is 3.87. The Balaban J connectivity index is 0.00000103. The van der Waals surface area contributed by atoms with Crippen LogP contribution in [0.25, 0.3) is 11.3 Å². The molecule has 1 aromatic heterocycles. The van der Waals surface area contributed by atoms with Crippen molar-refractivity contribution in [3.63, 3.8) is 0 Å². The zero-order valence-corrected chi connectivity index (χ0v) is 22.8. The van der Waals surface area contributed by atoms with E-state index in [-0.39, 0.29) is 29.0 Å². The maximum atomic E-state index is 14.0. The van der Waals surface area contributed by atoms with Gasteiger partial charge in [-0.05, 0) is 86.8 Å². The van der Waals surface area contributed by atoms with Gasteiger partial charge >= 0.3 is 6.18 Å². The molecule has 2 aromatic carbocycles. The van der Waals surface area contributed by atoms with Crippen LogP contribution in [0.5, 0.6) is 17.2 Å². The zero-order chi connectivity index (χ0) is 29.4. The van der Waals surface area contributed by atoms with Crippen LogP contribution < -0.4 is 19.9 Å². The van der Waals surface area contributed by atoms with E-state index in [1.807, 2.05) is 32.0 Å². The third-order valence-electron chi connectivity index (χ3n) is 6.04. The van der Waals surface area contributed by atoms with Gasteiger partial charge in [-0.3, -0.25) is 0 Å². The van der Waals surface area contributed by atoms with Gasteiger partial charge in [-0.25, -0.2) is 13.8 Å². The van der Waals surface area contributed by atoms with Gasteiger partial charge in [0, 0.05) is 17.2 Å². The first kappa shape index (κ1) is 30.7. The fraction of sp³-hybridized carbons (Fsp3) is 0.367. The van der Waals surface area contributed by atoms with E-state index in [1.54, 1.807) is 26.2 Å². The lowest BCUT2D eigenvalue weighted by Gasteiger charge is -2.19. The third kappa shape index (κ3) is 8.59. The smallest absolute Gasteiger partial charge is 0.422 e. The summed E-state index contributed by atoms with van der Waals surface area (Å²) in [5.41, 5.74) is 6.91. The largest absolute Gasteiger partial charge is 0.493 e. The Morgan fingerprint density at radius 2 is 1.75 bits per heavy atom. The number of ether oxygens (including phenoxy) is 3. The molecule has 0 bridgehead atoms. The van der Waals surface area contributed by atoms with Gasteiger partial charge in [-0.1, -0.05) is 19.1 Å². The number of nitrogens with two attached hydrogens (primary N) is 1. The number of nitrogens with zero attached hydrogens (tertiary/aromatic N) is 1. The van der Waals surface area contributed by atoms with Gasteiger partial charge in [-0.2, -0.15) is 13.2 Å². The van der Waals surface area contributed by atoms with Gasteiger partial charge in [0.05, 0.1) is 13.2 Å². The first-order valence-electron chi connectivity index (χ1n) is 12.8. The summed E-state index contributed by atoms with van der Waals surface area (Å²) < 4.78 is 82.5. The van der Waals surface area contributed by atoms with E-state index in [2.05, 4.69) is 4.98 Å². The fourth-order valence-electron chi connectivity index (χ4n) is 3.87. The second-order valence-corrected chi connectivity index (χ2v) is 9.51. The van der Waals surface area contributed by atoms with Gasteiger partial charge in [0.2, 0.25) is 0 Å². The first-order chi connectivity index (χ1) is 18.9. The molecule has 4 rings (SSSR count). The number of alkyl halides is 3. The van der Waals surface area contributed by atoms with E-state index in [0.717, 1.165) is 30.5 Å².